The Balaban J connectivity index is 1.50. The SMILES string of the molecule is CC(C)(C)C(=O)Nc1cccc(C(=O)NCCCc2nc3ccccc3s2)c1. The van der Waals surface area contributed by atoms with Crippen LogP contribution in [0.25, 0.3) is 10.2 Å². The van der Waals surface area contributed by atoms with Gasteiger partial charge in [-0.1, -0.05) is 39.0 Å². The smallest absolute Gasteiger partial charge is 0.251 e. The summed E-state index contributed by atoms with van der Waals surface area (Å²) in [6, 6.07) is 15.1. The first-order chi connectivity index (χ1) is 13.3. The second kappa shape index (κ2) is 8.52. The predicted molar refractivity (Wildman–Crippen MR) is 115 cm³/mol. The van der Waals surface area contributed by atoms with Gasteiger partial charge in [0.15, 0.2) is 0 Å². The fourth-order valence-electron chi connectivity index (χ4n) is 2.63. The third-order valence-corrected chi connectivity index (χ3v) is 5.35. The van der Waals surface area contributed by atoms with Crippen molar-refractivity contribution in [3.63, 3.8) is 0 Å². The molecule has 0 unspecified atom stereocenters. The van der Waals surface area contributed by atoms with Crippen molar-refractivity contribution in [2.24, 2.45) is 5.41 Å². The summed E-state index contributed by atoms with van der Waals surface area (Å²) >= 11 is 1.70. The number of carbonyl (C=O) groups excluding carboxylic acids is 2. The molecule has 0 aliphatic rings. The molecule has 5 nitrogen and oxygen atoms in total. The van der Waals surface area contributed by atoms with Gasteiger partial charge in [-0.15, -0.1) is 11.3 Å². The highest BCUT2D eigenvalue weighted by Gasteiger charge is 2.21. The van der Waals surface area contributed by atoms with E-state index in [1.54, 1.807) is 35.6 Å². The number of anilines is 1. The molecule has 3 rings (SSSR count). The molecule has 3 aromatic rings. The first-order valence-corrected chi connectivity index (χ1v) is 10.2. The molecule has 28 heavy (non-hydrogen) atoms. The molecule has 0 atom stereocenters. The monoisotopic (exact) mass is 395 g/mol. The second-order valence-corrected chi connectivity index (χ2v) is 8.83. The molecule has 0 radical (unpaired) electrons. The summed E-state index contributed by atoms with van der Waals surface area (Å²) < 4.78 is 1.19. The van der Waals surface area contributed by atoms with Gasteiger partial charge in [0.05, 0.1) is 15.2 Å². The molecular formula is C22H25N3O2S. The van der Waals surface area contributed by atoms with Crippen molar-refractivity contribution in [2.75, 3.05) is 11.9 Å². The van der Waals surface area contributed by atoms with Crippen LogP contribution in [0.1, 0.15) is 42.6 Å². The maximum absolute atomic E-state index is 12.4. The molecule has 2 aromatic carbocycles. The standard InChI is InChI=1S/C22H25N3O2S/c1-22(2,3)21(27)24-16-9-6-8-15(14-16)20(26)23-13-7-12-19-25-17-10-4-5-11-18(17)28-19/h4-6,8-11,14H,7,12-13H2,1-3H3,(H,23,26)(H,24,27). The van der Waals surface area contributed by atoms with Crippen molar-refractivity contribution in [1.82, 2.24) is 10.3 Å². The van der Waals surface area contributed by atoms with Crippen LogP contribution in [-0.4, -0.2) is 23.3 Å². The summed E-state index contributed by atoms with van der Waals surface area (Å²) in [4.78, 5) is 29.1. The lowest BCUT2D eigenvalue weighted by Gasteiger charge is -2.18. The van der Waals surface area contributed by atoms with Crippen molar-refractivity contribution < 1.29 is 9.59 Å². The van der Waals surface area contributed by atoms with Gasteiger partial charge in [0, 0.05) is 29.6 Å². The Labute approximate surface area is 169 Å². The number of hydrogen-bond donors (Lipinski definition) is 2. The lowest BCUT2D eigenvalue weighted by atomic mass is 9.95. The number of rotatable bonds is 6. The molecule has 0 saturated carbocycles. The van der Waals surface area contributed by atoms with E-state index in [1.165, 1.54) is 4.70 Å². The van der Waals surface area contributed by atoms with E-state index < -0.39 is 5.41 Å². The summed E-state index contributed by atoms with van der Waals surface area (Å²) in [7, 11) is 0. The lowest BCUT2D eigenvalue weighted by molar-refractivity contribution is -0.123. The van der Waals surface area contributed by atoms with Crippen molar-refractivity contribution in [3.05, 3.63) is 59.1 Å². The van der Waals surface area contributed by atoms with Gasteiger partial charge in [-0.2, -0.15) is 0 Å². The number of carbonyl (C=O) groups is 2. The van der Waals surface area contributed by atoms with Crippen LogP contribution >= 0.6 is 11.3 Å². The zero-order valence-electron chi connectivity index (χ0n) is 16.4. The molecule has 0 bridgehead atoms. The summed E-state index contributed by atoms with van der Waals surface area (Å²) in [5.74, 6) is -0.225. The van der Waals surface area contributed by atoms with Gasteiger partial charge in [-0.05, 0) is 36.8 Å². The lowest BCUT2D eigenvalue weighted by Crippen LogP contribution is -2.28. The van der Waals surface area contributed by atoms with E-state index in [1.807, 2.05) is 39.0 Å². The Bertz CT molecular complexity index is 956. The predicted octanol–water partition coefficient (Wildman–Crippen LogP) is 4.64. The molecule has 146 valence electrons. The number of nitrogens with one attached hydrogen (secondary N) is 2. The van der Waals surface area contributed by atoms with Crippen LogP contribution in [0.4, 0.5) is 5.69 Å². The number of aromatic nitrogens is 1. The third kappa shape index (κ3) is 5.16. The number of thiazole rings is 1. The van der Waals surface area contributed by atoms with Crippen LogP contribution in [0.5, 0.6) is 0 Å². The first-order valence-electron chi connectivity index (χ1n) is 9.37. The maximum Gasteiger partial charge on any atom is 0.251 e. The largest absolute Gasteiger partial charge is 0.352 e. The fraction of sp³-hybridized carbons (Fsp3) is 0.318. The van der Waals surface area contributed by atoms with Gasteiger partial charge < -0.3 is 10.6 Å². The molecule has 1 aromatic heterocycles. The molecule has 1 heterocycles. The molecule has 0 aliphatic carbocycles. The molecule has 2 N–H and O–H groups in total. The van der Waals surface area contributed by atoms with Crippen molar-refractivity contribution >= 4 is 39.1 Å². The molecule has 0 spiro atoms. The van der Waals surface area contributed by atoms with Crippen LogP contribution in [0.15, 0.2) is 48.5 Å². The number of hydrogen-bond acceptors (Lipinski definition) is 4. The topological polar surface area (TPSA) is 71.1 Å². The number of nitrogens with zero attached hydrogens (tertiary/aromatic N) is 1. The zero-order valence-corrected chi connectivity index (χ0v) is 17.2. The Kier molecular flexibility index (Phi) is 6.09. The Morgan fingerprint density at radius 3 is 2.61 bits per heavy atom. The van der Waals surface area contributed by atoms with Crippen LogP contribution in [0.3, 0.4) is 0 Å². The van der Waals surface area contributed by atoms with Gasteiger partial charge in [0.25, 0.3) is 5.91 Å². The molecular weight excluding hydrogens is 370 g/mol. The van der Waals surface area contributed by atoms with E-state index in [2.05, 4.69) is 21.7 Å². The summed E-state index contributed by atoms with van der Waals surface area (Å²) in [5.41, 5.74) is 1.70. The minimum Gasteiger partial charge on any atom is -0.352 e. The highest BCUT2D eigenvalue weighted by Crippen LogP contribution is 2.22. The number of para-hydroxylation sites is 1. The summed E-state index contributed by atoms with van der Waals surface area (Å²) in [6.07, 6.45) is 1.66. The summed E-state index contributed by atoms with van der Waals surface area (Å²) in [5, 5.41) is 6.88. The highest BCUT2D eigenvalue weighted by atomic mass is 32.1. The minimum absolute atomic E-state index is 0.0825. The van der Waals surface area contributed by atoms with Gasteiger partial charge in [0.1, 0.15) is 0 Å². The Morgan fingerprint density at radius 2 is 1.86 bits per heavy atom. The van der Waals surface area contributed by atoms with E-state index in [0.29, 0.717) is 17.8 Å². The Morgan fingerprint density at radius 1 is 1.07 bits per heavy atom. The number of aryl methyl sites for hydroxylation is 1. The number of benzene rings is 2. The van der Waals surface area contributed by atoms with Gasteiger partial charge in [0.2, 0.25) is 5.91 Å². The van der Waals surface area contributed by atoms with E-state index in [9.17, 15) is 9.59 Å². The molecule has 0 saturated heterocycles. The van der Waals surface area contributed by atoms with Gasteiger partial charge in [-0.25, -0.2) is 4.98 Å². The van der Waals surface area contributed by atoms with E-state index >= 15 is 0 Å². The van der Waals surface area contributed by atoms with Crippen molar-refractivity contribution in [2.45, 2.75) is 33.6 Å². The Hall–Kier alpha value is -2.73. The zero-order chi connectivity index (χ0) is 20.1. The van der Waals surface area contributed by atoms with Crippen LogP contribution < -0.4 is 10.6 Å². The van der Waals surface area contributed by atoms with Gasteiger partial charge in [-0.3, -0.25) is 9.59 Å². The quantitative estimate of drug-likeness (QED) is 0.597. The average Bonchev–Trinajstić information content (AvgIpc) is 3.07. The highest BCUT2D eigenvalue weighted by molar-refractivity contribution is 7.18. The number of amides is 2. The normalized spacial score (nSPS) is 11.4. The molecule has 2 amide bonds. The van der Waals surface area contributed by atoms with Crippen LogP contribution in [0.2, 0.25) is 0 Å². The molecule has 6 heteroatoms. The van der Waals surface area contributed by atoms with E-state index in [-0.39, 0.29) is 11.8 Å². The molecule has 0 fully saturated rings. The summed E-state index contributed by atoms with van der Waals surface area (Å²) in [6.45, 7) is 6.13. The van der Waals surface area contributed by atoms with Crippen LogP contribution in [0, 0.1) is 5.41 Å². The number of fused-ring (bicyclic) bond motifs is 1. The fourth-order valence-corrected chi connectivity index (χ4v) is 3.64. The molecule has 0 aliphatic heterocycles. The maximum atomic E-state index is 12.4. The third-order valence-electron chi connectivity index (χ3n) is 4.25. The van der Waals surface area contributed by atoms with Crippen molar-refractivity contribution in [1.29, 1.82) is 0 Å². The van der Waals surface area contributed by atoms with E-state index in [4.69, 9.17) is 0 Å². The second-order valence-electron chi connectivity index (χ2n) is 7.72. The minimum atomic E-state index is -0.487. The van der Waals surface area contributed by atoms with Crippen LogP contribution in [-0.2, 0) is 11.2 Å². The average molecular weight is 396 g/mol. The van der Waals surface area contributed by atoms with Gasteiger partial charge >= 0.3 is 0 Å². The van der Waals surface area contributed by atoms with E-state index in [0.717, 1.165) is 23.4 Å². The first kappa shape index (κ1) is 20.0. The van der Waals surface area contributed by atoms with Crippen molar-refractivity contribution in [3.8, 4) is 0 Å².